The van der Waals surface area contributed by atoms with Crippen LogP contribution in [0.1, 0.15) is 33.1 Å². The molecular formula is C11H19N3O. The van der Waals surface area contributed by atoms with Crippen molar-refractivity contribution in [2.24, 2.45) is 0 Å². The van der Waals surface area contributed by atoms with Gasteiger partial charge in [0.2, 0.25) is 11.8 Å². The summed E-state index contributed by atoms with van der Waals surface area (Å²) >= 11 is 0. The first kappa shape index (κ1) is 11.8. The van der Waals surface area contributed by atoms with E-state index in [-0.39, 0.29) is 0 Å². The molecule has 0 radical (unpaired) electrons. The summed E-state index contributed by atoms with van der Waals surface area (Å²) in [6.45, 7) is 5.74. The minimum Gasteiger partial charge on any atom is -0.478 e. The third-order valence-electron chi connectivity index (χ3n) is 1.96. The zero-order chi connectivity index (χ0) is 10.9. The van der Waals surface area contributed by atoms with E-state index in [9.17, 15) is 0 Å². The van der Waals surface area contributed by atoms with E-state index in [0.717, 1.165) is 19.6 Å². The Hall–Kier alpha value is -1.32. The van der Waals surface area contributed by atoms with Crippen molar-refractivity contribution >= 4 is 5.95 Å². The molecule has 1 N–H and O–H groups in total. The van der Waals surface area contributed by atoms with Crippen LogP contribution in [0, 0.1) is 0 Å². The van der Waals surface area contributed by atoms with E-state index in [1.54, 1.807) is 12.3 Å². The molecule has 15 heavy (non-hydrogen) atoms. The van der Waals surface area contributed by atoms with Crippen molar-refractivity contribution in [3.05, 3.63) is 12.3 Å². The SMILES string of the molecule is CCCCCOc1ccnc(NCC)n1. The molecule has 1 aromatic rings. The molecule has 0 atom stereocenters. The Morgan fingerprint density at radius 1 is 1.33 bits per heavy atom. The number of nitrogens with zero attached hydrogens (tertiary/aromatic N) is 2. The minimum atomic E-state index is 0.630. The van der Waals surface area contributed by atoms with Crippen molar-refractivity contribution in [2.45, 2.75) is 33.1 Å². The van der Waals surface area contributed by atoms with Gasteiger partial charge in [-0.2, -0.15) is 4.98 Å². The summed E-state index contributed by atoms with van der Waals surface area (Å²) in [6, 6.07) is 1.78. The predicted octanol–water partition coefficient (Wildman–Crippen LogP) is 2.48. The molecule has 0 aliphatic rings. The van der Waals surface area contributed by atoms with E-state index in [1.165, 1.54) is 12.8 Å². The second-order valence-corrected chi connectivity index (χ2v) is 3.30. The molecule has 4 heteroatoms. The molecule has 4 nitrogen and oxygen atoms in total. The van der Waals surface area contributed by atoms with Crippen LogP contribution < -0.4 is 10.1 Å². The zero-order valence-corrected chi connectivity index (χ0v) is 9.49. The van der Waals surface area contributed by atoms with E-state index in [1.807, 2.05) is 6.92 Å². The van der Waals surface area contributed by atoms with Crippen molar-refractivity contribution in [3.8, 4) is 5.88 Å². The zero-order valence-electron chi connectivity index (χ0n) is 9.49. The molecule has 0 amide bonds. The van der Waals surface area contributed by atoms with Gasteiger partial charge in [0.05, 0.1) is 6.61 Å². The van der Waals surface area contributed by atoms with Gasteiger partial charge in [-0.1, -0.05) is 19.8 Å². The highest BCUT2D eigenvalue weighted by Crippen LogP contribution is 2.08. The number of aromatic nitrogens is 2. The van der Waals surface area contributed by atoms with Crippen LogP contribution >= 0.6 is 0 Å². The maximum atomic E-state index is 5.50. The number of anilines is 1. The molecule has 0 saturated heterocycles. The van der Waals surface area contributed by atoms with Gasteiger partial charge in [0.1, 0.15) is 0 Å². The third-order valence-corrected chi connectivity index (χ3v) is 1.96. The number of ether oxygens (including phenoxy) is 1. The summed E-state index contributed by atoms with van der Waals surface area (Å²) in [5, 5.41) is 3.05. The molecule has 0 aliphatic carbocycles. The lowest BCUT2D eigenvalue weighted by Gasteiger charge is -2.06. The largest absolute Gasteiger partial charge is 0.478 e. The number of nitrogens with one attached hydrogen (secondary N) is 1. The minimum absolute atomic E-state index is 0.630. The first-order valence-electron chi connectivity index (χ1n) is 5.56. The van der Waals surface area contributed by atoms with Gasteiger partial charge in [0.15, 0.2) is 0 Å². The lowest BCUT2D eigenvalue weighted by atomic mass is 10.3. The highest BCUT2D eigenvalue weighted by atomic mass is 16.5. The fourth-order valence-corrected chi connectivity index (χ4v) is 1.19. The summed E-state index contributed by atoms with van der Waals surface area (Å²) in [4.78, 5) is 8.29. The maximum Gasteiger partial charge on any atom is 0.225 e. The van der Waals surface area contributed by atoms with Gasteiger partial charge in [0, 0.05) is 18.8 Å². The van der Waals surface area contributed by atoms with E-state index in [2.05, 4.69) is 22.2 Å². The second-order valence-electron chi connectivity index (χ2n) is 3.30. The van der Waals surface area contributed by atoms with E-state index >= 15 is 0 Å². The van der Waals surface area contributed by atoms with Crippen LogP contribution in [0.25, 0.3) is 0 Å². The van der Waals surface area contributed by atoms with Crippen molar-refractivity contribution in [3.63, 3.8) is 0 Å². The maximum absolute atomic E-state index is 5.50. The Kier molecular flexibility index (Phi) is 5.51. The lowest BCUT2D eigenvalue weighted by Crippen LogP contribution is -2.04. The van der Waals surface area contributed by atoms with Gasteiger partial charge < -0.3 is 10.1 Å². The number of unbranched alkanes of at least 4 members (excludes halogenated alkanes) is 2. The van der Waals surface area contributed by atoms with Crippen LogP contribution in [-0.2, 0) is 0 Å². The van der Waals surface area contributed by atoms with E-state index in [4.69, 9.17) is 4.74 Å². The molecule has 0 aliphatic heterocycles. The van der Waals surface area contributed by atoms with Gasteiger partial charge in [-0.05, 0) is 13.3 Å². The fourth-order valence-electron chi connectivity index (χ4n) is 1.19. The molecule has 0 bridgehead atoms. The Morgan fingerprint density at radius 3 is 2.93 bits per heavy atom. The molecule has 0 spiro atoms. The number of hydrogen-bond acceptors (Lipinski definition) is 4. The normalized spacial score (nSPS) is 10.0. The van der Waals surface area contributed by atoms with E-state index < -0.39 is 0 Å². The molecule has 0 saturated carbocycles. The molecule has 1 heterocycles. The van der Waals surface area contributed by atoms with Crippen LogP contribution in [0.5, 0.6) is 5.88 Å². The summed E-state index contributed by atoms with van der Waals surface area (Å²) in [6.07, 6.45) is 5.19. The smallest absolute Gasteiger partial charge is 0.225 e. The topological polar surface area (TPSA) is 47.0 Å². The Bertz CT molecular complexity index is 278. The quantitative estimate of drug-likeness (QED) is 0.701. The average Bonchev–Trinajstić information content (AvgIpc) is 2.26. The van der Waals surface area contributed by atoms with Crippen LogP contribution in [-0.4, -0.2) is 23.1 Å². The van der Waals surface area contributed by atoms with Crippen LogP contribution in [0.4, 0.5) is 5.95 Å². The number of rotatable bonds is 7. The first-order valence-corrected chi connectivity index (χ1v) is 5.56. The highest BCUT2D eigenvalue weighted by Gasteiger charge is 1.98. The Balaban J connectivity index is 2.36. The van der Waals surface area contributed by atoms with Gasteiger partial charge >= 0.3 is 0 Å². The van der Waals surface area contributed by atoms with Crippen molar-refractivity contribution < 1.29 is 4.74 Å². The van der Waals surface area contributed by atoms with Gasteiger partial charge in [-0.3, -0.25) is 0 Å². The first-order chi connectivity index (χ1) is 7.36. The summed E-state index contributed by atoms with van der Waals surface area (Å²) in [5.41, 5.74) is 0. The standard InChI is InChI=1S/C11H19N3O/c1-3-5-6-9-15-10-7-8-13-11(14-10)12-4-2/h7-8H,3-6,9H2,1-2H3,(H,12,13,14). The fraction of sp³-hybridized carbons (Fsp3) is 0.636. The molecule has 1 aromatic heterocycles. The third kappa shape index (κ3) is 4.63. The van der Waals surface area contributed by atoms with E-state index in [0.29, 0.717) is 11.8 Å². The Morgan fingerprint density at radius 2 is 2.20 bits per heavy atom. The van der Waals surface area contributed by atoms with Crippen LogP contribution in [0.3, 0.4) is 0 Å². The van der Waals surface area contributed by atoms with Crippen LogP contribution in [0.15, 0.2) is 12.3 Å². The Labute approximate surface area is 91.1 Å². The molecule has 0 unspecified atom stereocenters. The lowest BCUT2D eigenvalue weighted by molar-refractivity contribution is 0.295. The van der Waals surface area contributed by atoms with Crippen molar-refractivity contribution in [1.82, 2.24) is 9.97 Å². The molecule has 1 rings (SSSR count). The molecule has 0 aromatic carbocycles. The second kappa shape index (κ2) is 7.04. The molecule has 84 valence electrons. The molecular weight excluding hydrogens is 190 g/mol. The summed E-state index contributed by atoms with van der Waals surface area (Å²) in [7, 11) is 0. The summed E-state index contributed by atoms with van der Waals surface area (Å²) < 4.78 is 5.50. The molecule has 0 fully saturated rings. The van der Waals surface area contributed by atoms with Gasteiger partial charge in [-0.15, -0.1) is 0 Å². The van der Waals surface area contributed by atoms with Gasteiger partial charge in [-0.25, -0.2) is 4.98 Å². The average molecular weight is 209 g/mol. The highest BCUT2D eigenvalue weighted by molar-refractivity contribution is 5.26. The predicted molar refractivity (Wildman–Crippen MR) is 61.2 cm³/mol. The van der Waals surface area contributed by atoms with Crippen LogP contribution in [0.2, 0.25) is 0 Å². The van der Waals surface area contributed by atoms with Gasteiger partial charge in [0.25, 0.3) is 0 Å². The monoisotopic (exact) mass is 209 g/mol. The van der Waals surface area contributed by atoms with Crippen molar-refractivity contribution in [1.29, 1.82) is 0 Å². The number of hydrogen-bond donors (Lipinski definition) is 1. The summed E-state index contributed by atoms with van der Waals surface area (Å²) in [5.74, 6) is 1.28. The van der Waals surface area contributed by atoms with Crippen molar-refractivity contribution in [2.75, 3.05) is 18.5 Å².